The number of carbonyl (C=O) groups excluding carboxylic acids is 3. The molecule has 1 aliphatic carbocycles. The lowest BCUT2D eigenvalue weighted by Crippen LogP contribution is -2.45. The number of carbonyl (C=O) groups is 3. The molecule has 0 radical (unpaired) electrons. The molecule has 32 heavy (non-hydrogen) atoms. The summed E-state index contributed by atoms with van der Waals surface area (Å²) in [6.07, 6.45) is 7.06. The van der Waals surface area contributed by atoms with E-state index in [2.05, 4.69) is 10.6 Å². The molecule has 1 fully saturated rings. The van der Waals surface area contributed by atoms with Crippen molar-refractivity contribution in [1.82, 2.24) is 10.2 Å². The summed E-state index contributed by atoms with van der Waals surface area (Å²) in [5.74, 6) is -2.11. The average Bonchev–Trinajstić information content (AvgIpc) is 3.06. The lowest BCUT2D eigenvalue weighted by Gasteiger charge is -2.32. The molecule has 1 saturated heterocycles. The van der Waals surface area contributed by atoms with E-state index in [0.29, 0.717) is 17.3 Å². The third kappa shape index (κ3) is 5.15. The monoisotopic (exact) mass is 461 g/mol. The Hall–Kier alpha value is -2.38. The molecule has 1 heterocycles. The lowest BCUT2D eigenvalue weighted by molar-refractivity contribution is -0.140. The molecule has 174 valence electrons. The van der Waals surface area contributed by atoms with Gasteiger partial charge in [-0.2, -0.15) is 0 Å². The van der Waals surface area contributed by atoms with Gasteiger partial charge in [-0.1, -0.05) is 43.5 Å². The van der Waals surface area contributed by atoms with Crippen LogP contribution in [0.3, 0.4) is 0 Å². The van der Waals surface area contributed by atoms with E-state index >= 15 is 0 Å². The number of rotatable bonds is 9. The first-order valence-electron chi connectivity index (χ1n) is 11.3. The van der Waals surface area contributed by atoms with Crippen LogP contribution in [0.15, 0.2) is 36.4 Å². The van der Waals surface area contributed by atoms with Crippen LogP contribution in [0.4, 0.5) is 5.69 Å². The van der Waals surface area contributed by atoms with Crippen LogP contribution >= 0.6 is 11.6 Å². The Labute approximate surface area is 194 Å². The van der Waals surface area contributed by atoms with Crippen LogP contribution in [0.1, 0.15) is 32.6 Å². The van der Waals surface area contributed by atoms with E-state index in [-0.39, 0.29) is 36.2 Å². The second kappa shape index (κ2) is 11.0. The summed E-state index contributed by atoms with van der Waals surface area (Å²) in [4.78, 5) is 41.2. The Morgan fingerprint density at radius 1 is 1.06 bits per heavy atom. The number of nitrogens with zero attached hydrogens (tertiary/aromatic N) is 1. The van der Waals surface area contributed by atoms with Crippen molar-refractivity contribution in [1.29, 1.82) is 0 Å². The van der Waals surface area contributed by atoms with Crippen LogP contribution in [0.2, 0.25) is 5.02 Å². The maximum Gasteiger partial charge on any atom is 0.247 e. The van der Waals surface area contributed by atoms with Gasteiger partial charge in [-0.15, -0.1) is 0 Å². The summed E-state index contributed by atoms with van der Waals surface area (Å²) in [7, 11) is 1.57. The molecule has 1 aromatic rings. The molecule has 0 spiro atoms. The van der Waals surface area contributed by atoms with E-state index in [9.17, 15) is 14.4 Å². The number of nitrogens with one attached hydrogen (secondary N) is 2. The fourth-order valence-corrected chi connectivity index (χ4v) is 5.02. The van der Waals surface area contributed by atoms with E-state index in [4.69, 9.17) is 16.7 Å². The number of benzene rings is 1. The van der Waals surface area contributed by atoms with Gasteiger partial charge in [0.15, 0.2) is 0 Å². The van der Waals surface area contributed by atoms with Crippen molar-refractivity contribution in [2.24, 2.45) is 23.7 Å². The Balaban J connectivity index is 1.86. The van der Waals surface area contributed by atoms with Gasteiger partial charge in [-0.25, -0.2) is 0 Å². The van der Waals surface area contributed by atoms with E-state index in [0.717, 1.165) is 25.7 Å². The summed E-state index contributed by atoms with van der Waals surface area (Å²) in [6, 6.07) is 6.15. The highest BCUT2D eigenvalue weighted by Crippen LogP contribution is 2.44. The molecule has 3 rings (SSSR count). The van der Waals surface area contributed by atoms with Gasteiger partial charge in [0, 0.05) is 36.8 Å². The van der Waals surface area contributed by atoms with Crippen LogP contribution in [0, 0.1) is 23.7 Å². The smallest absolute Gasteiger partial charge is 0.247 e. The van der Waals surface area contributed by atoms with Crippen molar-refractivity contribution in [3.63, 3.8) is 0 Å². The van der Waals surface area contributed by atoms with Gasteiger partial charge in [0.2, 0.25) is 17.7 Å². The maximum atomic E-state index is 13.5. The number of unbranched alkanes of at least 4 members (excludes halogenated alkanes) is 3. The number of likely N-dealkylation sites (tertiary alicyclic amines) is 1. The van der Waals surface area contributed by atoms with Gasteiger partial charge in [-0.3, -0.25) is 14.4 Å². The molecule has 3 amide bonds. The fourth-order valence-electron chi connectivity index (χ4n) is 4.90. The molecular formula is C24H32ClN3O4. The highest BCUT2D eigenvalue weighted by Gasteiger charge is 2.56. The van der Waals surface area contributed by atoms with Gasteiger partial charge in [0.05, 0.1) is 11.8 Å². The third-order valence-electron chi connectivity index (χ3n) is 6.51. The van der Waals surface area contributed by atoms with E-state index in [1.54, 1.807) is 36.2 Å². The van der Waals surface area contributed by atoms with Crippen molar-refractivity contribution >= 4 is 35.0 Å². The van der Waals surface area contributed by atoms with Crippen LogP contribution in [-0.2, 0) is 14.4 Å². The van der Waals surface area contributed by atoms with Crippen LogP contribution < -0.4 is 10.6 Å². The van der Waals surface area contributed by atoms with Gasteiger partial charge in [0.25, 0.3) is 0 Å². The first-order chi connectivity index (χ1) is 15.4. The second-order valence-electron chi connectivity index (χ2n) is 8.60. The summed E-state index contributed by atoms with van der Waals surface area (Å²) >= 11 is 5.95. The molecule has 1 aliphatic heterocycles. The molecule has 0 bridgehead atoms. The van der Waals surface area contributed by atoms with Crippen molar-refractivity contribution < 1.29 is 19.5 Å². The number of anilines is 1. The van der Waals surface area contributed by atoms with E-state index in [1.165, 1.54) is 0 Å². The first kappa shape index (κ1) is 24.3. The second-order valence-corrected chi connectivity index (χ2v) is 9.03. The summed E-state index contributed by atoms with van der Waals surface area (Å²) in [5.41, 5.74) is 0.606. The normalized spacial score (nSPS) is 26.7. The number of fused-ring (bicyclic) bond motifs is 1. The van der Waals surface area contributed by atoms with Gasteiger partial charge in [0.1, 0.15) is 6.04 Å². The highest BCUT2D eigenvalue weighted by molar-refractivity contribution is 6.30. The predicted octanol–water partition coefficient (Wildman–Crippen LogP) is 2.84. The molecular weight excluding hydrogens is 430 g/mol. The van der Waals surface area contributed by atoms with Gasteiger partial charge < -0.3 is 20.6 Å². The highest BCUT2D eigenvalue weighted by atomic mass is 35.5. The SMILES string of the molecule is CNC(=O)[C@H]1[C@H]2C(=O)N(CCCCCCO)[C@H](C(=O)Nc3ccc(Cl)cc3)[C@H]2C=C[C@H]1C. The Morgan fingerprint density at radius 2 is 1.75 bits per heavy atom. The Morgan fingerprint density at radius 3 is 2.41 bits per heavy atom. The molecule has 0 unspecified atom stereocenters. The number of hydrogen-bond acceptors (Lipinski definition) is 4. The molecule has 8 heteroatoms. The number of aliphatic hydroxyl groups is 1. The molecule has 0 aromatic heterocycles. The van der Waals surface area contributed by atoms with E-state index < -0.39 is 17.9 Å². The molecule has 3 N–H and O–H groups in total. The molecule has 1 aromatic carbocycles. The predicted molar refractivity (Wildman–Crippen MR) is 124 cm³/mol. The van der Waals surface area contributed by atoms with Gasteiger partial charge in [-0.05, 0) is 43.0 Å². The minimum atomic E-state index is -0.683. The third-order valence-corrected chi connectivity index (χ3v) is 6.76. The number of amides is 3. The first-order valence-corrected chi connectivity index (χ1v) is 11.6. The summed E-state index contributed by atoms with van der Waals surface area (Å²) in [6.45, 7) is 2.52. The number of allylic oxidation sites excluding steroid dienone is 1. The quantitative estimate of drug-likeness (QED) is 0.389. The standard InChI is InChI=1S/C24H32ClN3O4/c1-15-7-12-18-20(19(15)22(30)26-2)24(32)28(13-5-3-4-6-14-29)21(18)23(31)27-17-10-8-16(25)9-11-17/h7-12,15,18-21,29H,3-6,13-14H2,1-2H3,(H,26,30)(H,27,31)/t15-,18+,19-,20+,21+/m1/s1. The van der Waals surface area contributed by atoms with Crippen LogP contribution in [-0.4, -0.2) is 54.0 Å². The van der Waals surface area contributed by atoms with E-state index in [1.807, 2.05) is 19.1 Å². The average molecular weight is 462 g/mol. The Kier molecular flexibility index (Phi) is 8.32. The zero-order chi connectivity index (χ0) is 23.3. The van der Waals surface area contributed by atoms with Crippen molar-refractivity contribution in [3.8, 4) is 0 Å². The minimum Gasteiger partial charge on any atom is -0.396 e. The molecule has 5 atom stereocenters. The van der Waals surface area contributed by atoms with Crippen molar-refractivity contribution in [3.05, 3.63) is 41.4 Å². The van der Waals surface area contributed by atoms with Gasteiger partial charge >= 0.3 is 0 Å². The molecule has 2 aliphatic rings. The zero-order valence-corrected chi connectivity index (χ0v) is 19.3. The van der Waals surface area contributed by atoms with Crippen molar-refractivity contribution in [2.45, 2.75) is 38.6 Å². The number of halogens is 1. The lowest BCUT2D eigenvalue weighted by atomic mass is 9.70. The largest absolute Gasteiger partial charge is 0.396 e. The number of aliphatic hydroxyl groups excluding tert-OH is 1. The van der Waals surface area contributed by atoms with Crippen LogP contribution in [0.5, 0.6) is 0 Å². The van der Waals surface area contributed by atoms with Crippen molar-refractivity contribution in [2.75, 3.05) is 25.5 Å². The topological polar surface area (TPSA) is 98.7 Å². The maximum absolute atomic E-state index is 13.5. The molecule has 7 nitrogen and oxygen atoms in total. The summed E-state index contributed by atoms with van der Waals surface area (Å²) in [5, 5.41) is 15.2. The summed E-state index contributed by atoms with van der Waals surface area (Å²) < 4.78 is 0. The Bertz CT molecular complexity index is 857. The van der Waals surface area contributed by atoms with Crippen LogP contribution in [0.25, 0.3) is 0 Å². The zero-order valence-electron chi connectivity index (χ0n) is 18.6. The minimum absolute atomic E-state index is 0.0929. The molecule has 0 saturated carbocycles. The number of hydrogen-bond donors (Lipinski definition) is 3. The fraction of sp³-hybridized carbons (Fsp3) is 0.542.